The number of anilines is 1. The first-order chi connectivity index (χ1) is 12.0. The van der Waals surface area contributed by atoms with E-state index in [4.69, 9.17) is 9.47 Å². The van der Waals surface area contributed by atoms with Gasteiger partial charge >= 0.3 is 5.97 Å². The molecule has 2 aromatic rings. The van der Waals surface area contributed by atoms with Crippen molar-refractivity contribution in [1.82, 2.24) is 0 Å². The fraction of sp³-hybridized carbons (Fsp3) is 0.111. The number of ether oxygens (including phenoxy) is 2. The lowest BCUT2D eigenvalue weighted by atomic mass is 10.2. The van der Waals surface area contributed by atoms with Gasteiger partial charge in [-0.15, -0.1) is 0 Å². The number of esters is 1. The molecular weight excluding hydrogens is 390 g/mol. The Morgan fingerprint density at radius 1 is 1.24 bits per heavy atom. The largest absolute Gasteiger partial charge is 0.504 e. The number of hydrogen-bond donors (Lipinski definition) is 2. The Hall–Kier alpha value is -2.80. The molecule has 1 amide bonds. The maximum atomic E-state index is 11.8. The molecule has 0 unspecified atom stereocenters. The molecule has 0 radical (unpaired) electrons. The molecule has 0 spiro atoms. The molecule has 0 fully saturated rings. The van der Waals surface area contributed by atoms with Crippen LogP contribution in [0.5, 0.6) is 11.5 Å². The van der Waals surface area contributed by atoms with Crippen molar-refractivity contribution in [3.05, 3.63) is 58.6 Å². The third-order valence-electron chi connectivity index (χ3n) is 3.11. The maximum Gasteiger partial charge on any atom is 0.331 e. The van der Waals surface area contributed by atoms with E-state index < -0.39 is 18.5 Å². The predicted octanol–water partition coefficient (Wildman–Crippen LogP) is 3.36. The number of methoxy groups -OCH3 is 1. The first-order valence-corrected chi connectivity index (χ1v) is 8.05. The number of carbonyl (C=O) groups is 2. The van der Waals surface area contributed by atoms with Crippen LogP contribution in [0, 0.1) is 0 Å². The summed E-state index contributed by atoms with van der Waals surface area (Å²) in [4.78, 5) is 23.5. The van der Waals surface area contributed by atoms with Gasteiger partial charge in [0.05, 0.1) is 12.8 Å². The summed E-state index contributed by atoms with van der Waals surface area (Å²) >= 11 is 3.31. The number of halogens is 1. The van der Waals surface area contributed by atoms with Gasteiger partial charge in [0.15, 0.2) is 18.1 Å². The van der Waals surface area contributed by atoms with E-state index in [0.29, 0.717) is 17.0 Å². The third-order valence-corrected chi connectivity index (χ3v) is 3.80. The topological polar surface area (TPSA) is 84.9 Å². The number of nitrogens with one attached hydrogen (secondary N) is 1. The Labute approximate surface area is 153 Å². The number of carbonyl (C=O) groups excluding carboxylic acids is 2. The Morgan fingerprint density at radius 2 is 2.00 bits per heavy atom. The minimum atomic E-state index is -0.658. The maximum absolute atomic E-state index is 11.8. The first-order valence-electron chi connectivity index (χ1n) is 7.26. The Balaban J connectivity index is 1.86. The number of hydrogen-bond acceptors (Lipinski definition) is 5. The molecule has 130 valence electrons. The summed E-state index contributed by atoms with van der Waals surface area (Å²) in [5, 5.41) is 12.1. The van der Waals surface area contributed by atoms with E-state index in [1.54, 1.807) is 30.3 Å². The number of aromatic hydroxyl groups is 1. The lowest BCUT2D eigenvalue weighted by Gasteiger charge is -2.07. The van der Waals surface area contributed by atoms with E-state index >= 15 is 0 Å². The number of phenolic OH excluding ortho intramolecular Hbond substituents is 1. The van der Waals surface area contributed by atoms with Gasteiger partial charge in [-0.25, -0.2) is 4.79 Å². The summed E-state index contributed by atoms with van der Waals surface area (Å²) < 4.78 is 10.6. The lowest BCUT2D eigenvalue weighted by molar-refractivity contribution is -0.142. The summed E-state index contributed by atoms with van der Waals surface area (Å²) in [6, 6.07) is 11.7. The fourth-order valence-corrected chi connectivity index (χ4v) is 2.28. The number of phenols is 1. The highest BCUT2D eigenvalue weighted by Crippen LogP contribution is 2.26. The quantitative estimate of drug-likeness (QED) is 0.568. The van der Waals surface area contributed by atoms with Crippen molar-refractivity contribution in [2.75, 3.05) is 19.0 Å². The molecule has 0 aliphatic carbocycles. The molecule has 0 saturated heterocycles. The average Bonchev–Trinajstić information content (AvgIpc) is 2.61. The Morgan fingerprint density at radius 3 is 2.72 bits per heavy atom. The minimum absolute atomic E-state index is 0.00553. The van der Waals surface area contributed by atoms with Crippen LogP contribution < -0.4 is 10.1 Å². The molecule has 0 atom stereocenters. The smallest absolute Gasteiger partial charge is 0.331 e. The zero-order chi connectivity index (χ0) is 18.2. The van der Waals surface area contributed by atoms with Crippen molar-refractivity contribution in [2.24, 2.45) is 0 Å². The van der Waals surface area contributed by atoms with E-state index in [1.807, 2.05) is 6.07 Å². The lowest BCUT2D eigenvalue weighted by Crippen LogP contribution is -2.20. The number of rotatable bonds is 6. The van der Waals surface area contributed by atoms with Gasteiger partial charge in [0.2, 0.25) is 0 Å². The predicted molar refractivity (Wildman–Crippen MR) is 97.4 cm³/mol. The molecule has 0 aliphatic rings. The summed E-state index contributed by atoms with van der Waals surface area (Å²) in [6.45, 7) is -0.399. The number of para-hydroxylation sites is 1. The van der Waals surface area contributed by atoms with Crippen molar-refractivity contribution in [3.63, 3.8) is 0 Å². The molecule has 0 aliphatic heterocycles. The SMILES string of the molecule is COc1cc(/C=C/C(=O)OCC(=O)Nc2ccccc2Br)ccc1O. The molecule has 0 aromatic heterocycles. The molecular formula is C18H16BrNO5. The summed E-state index contributed by atoms with van der Waals surface area (Å²) in [6.07, 6.45) is 2.69. The molecule has 25 heavy (non-hydrogen) atoms. The minimum Gasteiger partial charge on any atom is -0.504 e. The highest BCUT2D eigenvalue weighted by Gasteiger charge is 2.07. The van der Waals surface area contributed by atoms with Crippen LogP contribution in [0.15, 0.2) is 53.0 Å². The Bertz CT molecular complexity index is 804. The van der Waals surface area contributed by atoms with Crippen molar-refractivity contribution in [1.29, 1.82) is 0 Å². The van der Waals surface area contributed by atoms with Crippen LogP contribution in [0.2, 0.25) is 0 Å². The molecule has 0 bridgehead atoms. The van der Waals surface area contributed by atoms with Gasteiger partial charge in [-0.3, -0.25) is 4.79 Å². The number of amides is 1. The van der Waals surface area contributed by atoms with E-state index in [1.165, 1.54) is 25.3 Å². The highest BCUT2D eigenvalue weighted by atomic mass is 79.9. The summed E-state index contributed by atoms with van der Waals surface area (Å²) in [5.74, 6) is -0.802. The second-order valence-corrected chi connectivity index (χ2v) is 5.75. The van der Waals surface area contributed by atoms with E-state index in [9.17, 15) is 14.7 Å². The molecule has 2 rings (SSSR count). The molecule has 2 N–H and O–H groups in total. The molecule has 7 heteroatoms. The van der Waals surface area contributed by atoms with Crippen molar-refractivity contribution < 1.29 is 24.2 Å². The van der Waals surface area contributed by atoms with Gasteiger partial charge in [-0.05, 0) is 51.8 Å². The third kappa shape index (κ3) is 5.65. The average molecular weight is 406 g/mol. The van der Waals surface area contributed by atoms with E-state index in [2.05, 4.69) is 21.2 Å². The second kappa shape index (κ2) is 8.89. The number of benzene rings is 2. The summed E-state index contributed by atoms with van der Waals surface area (Å²) in [5.41, 5.74) is 1.24. The molecule has 6 nitrogen and oxygen atoms in total. The van der Waals surface area contributed by atoms with Gasteiger partial charge < -0.3 is 19.9 Å². The second-order valence-electron chi connectivity index (χ2n) is 4.90. The fourth-order valence-electron chi connectivity index (χ4n) is 1.90. The van der Waals surface area contributed by atoms with Gasteiger partial charge in [-0.2, -0.15) is 0 Å². The molecule has 0 heterocycles. The zero-order valence-corrected chi connectivity index (χ0v) is 14.9. The zero-order valence-electron chi connectivity index (χ0n) is 13.4. The van der Waals surface area contributed by atoms with Gasteiger partial charge in [0, 0.05) is 10.5 Å². The van der Waals surface area contributed by atoms with Gasteiger partial charge in [0.1, 0.15) is 0 Å². The van der Waals surface area contributed by atoms with Crippen LogP contribution in [0.1, 0.15) is 5.56 Å². The highest BCUT2D eigenvalue weighted by molar-refractivity contribution is 9.10. The van der Waals surface area contributed by atoms with Crippen LogP contribution in [0.4, 0.5) is 5.69 Å². The molecule has 2 aromatic carbocycles. The first kappa shape index (κ1) is 18.5. The normalized spacial score (nSPS) is 10.5. The monoisotopic (exact) mass is 405 g/mol. The van der Waals surface area contributed by atoms with Gasteiger partial charge in [0.25, 0.3) is 5.91 Å². The van der Waals surface area contributed by atoms with Gasteiger partial charge in [-0.1, -0.05) is 18.2 Å². The van der Waals surface area contributed by atoms with Crippen molar-refractivity contribution in [3.8, 4) is 11.5 Å². The summed E-state index contributed by atoms with van der Waals surface area (Å²) in [7, 11) is 1.43. The van der Waals surface area contributed by atoms with E-state index in [0.717, 1.165) is 4.47 Å². The standard InChI is InChI=1S/C18H16BrNO5/c1-24-16-10-12(6-8-15(16)21)7-9-18(23)25-11-17(22)20-14-5-3-2-4-13(14)19/h2-10,21H,11H2,1H3,(H,20,22)/b9-7+. The van der Waals surface area contributed by atoms with Crippen LogP contribution >= 0.6 is 15.9 Å². The van der Waals surface area contributed by atoms with E-state index in [-0.39, 0.29) is 5.75 Å². The van der Waals surface area contributed by atoms with Crippen LogP contribution in [-0.2, 0) is 14.3 Å². The van der Waals surface area contributed by atoms with Crippen LogP contribution in [0.25, 0.3) is 6.08 Å². The van der Waals surface area contributed by atoms with Crippen LogP contribution in [-0.4, -0.2) is 30.7 Å². The Kier molecular flexibility index (Phi) is 6.59. The van der Waals surface area contributed by atoms with Crippen molar-refractivity contribution >= 4 is 39.6 Å². The van der Waals surface area contributed by atoms with Crippen molar-refractivity contribution in [2.45, 2.75) is 0 Å². The molecule has 0 saturated carbocycles. The van der Waals surface area contributed by atoms with Crippen LogP contribution in [0.3, 0.4) is 0 Å².